The first kappa shape index (κ1) is 12.1. The maximum Gasteiger partial charge on any atom is 0.303 e. The van der Waals surface area contributed by atoms with Crippen molar-refractivity contribution in [3.05, 3.63) is 18.3 Å². The lowest BCUT2D eigenvalue weighted by Crippen LogP contribution is -2.36. The van der Waals surface area contributed by atoms with Crippen LogP contribution in [-0.4, -0.2) is 33.2 Å². The van der Waals surface area contributed by atoms with Gasteiger partial charge < -0.3 is 16.2 Å². The number of aromatic nitrogens is 2. The predicted octanol–water partition coefficient (Wildman–Crippen LogP) is -0.393. The van der Waals surface area contributed by atoms with Gasteiger partial charge in [-0.1, -0.05) is 0 Å². The van der Waals surface area contributed by atoms with Crippen molar-refractivity contribution in [2.75, 3.05) is 5.32 Å². The molecule has 7 nitrogen and oxygen atoms in total. The number of nitrogens with zero attached hydrogens (tertiary/aromatic N) is 2. The zero-order valence-electron chi connectivity index (χ0n) is 8.46. The van der Waals surface area contributed by atoms with Gasteiger partial charge in [0.1, 0.15) is 0 Å². The molecular weight excluding hydrogens is 212 g/mol. The quantitative estimate of drug-likeness (QED) is 0.626. The normalized spacial score (nSPS) is 11.8. The molecular formula is C9H12N4O3. The number of nitrogens with one attached hydrogen (secondary N) is 1. The van der Waals surface area contributed by atoms with E-state index in [1.807, 2.05) is 0 Å². The first-order chi connectivity index (χ1) is 7.59. The first-order valence-electron chi connectivity index (χ1n) is 4.65. The zero-order valence-corrected chi connectivity index (χ0v) is 8.46. The summed E-state index contributed by atoms with van der Waals surface area (Å²) in [6.07, 6.45) is 1.41. The number of nitrogens with two attached hydrogens (primary N) is 1. The third-order valence-electron chi connectivity index (χ3n) is 1.83. The Kier molecular flexibility index (Phi) is 4.34. The van der Waals surface area contributed by atoms with Crippen molar-refractivity contribution in [1.29, 1.82) is 0 Å². The molecule has 0 fully saturated rings. The highest BCUT2D eigenvalue weighted by Gasteiger charge is 2.15. The standard InChI is InChI=1S/C9H12N4O3/c10-6(3-4-8(14)15)9(16)12-7-2-1-5-11-13-7/h1-2,5-6H,3-4,10H2,(H,14,15)(H,12,13,16). The second-order valence-electron chi connectivity index (χ2n) is 3.14. The number of amides is 1. The topological polar surface area (TPSA) is 118 Å². The van der Waals surface area contributed by atoms with Gasteiger partial charge in [-0.05, 0) is 18.6 Å². The van der Waals surface area contributed by atoms with Crippen LogP contribution in [0.1, 0.15) is 12.8 Å². The molecule has 0 saturated carbocycles. The molecule has 16 heavy (non-hydrogen) atoms. The molecule has 0 aliphatic heterocycles. The van der Waals surface area contributed by atoms with E-state index in [9.17, 15) is 9.59 Å². The Morgan fingerprint density at radius 1 is 1.56 bits per heavy atom. The molecule has 0 saturated heterocycles. The summed E-state index contributed by atoms with van der Waals surface area (Å²) in [7, 11) is 0. The Hall–Kier alpha value is -2.02. The maximum atomic E-state index is 11.4. The lowest BCUT2D eigenvalue weighted by Gasteiger charge is -2.09. The minimum absolute atomic E-state index is 0.0848. The largest absolute Gasteiger partial charge is 0.481 e. The fraction of sp³-hybridized carbons (Fsp3) is 0.333. The molecule has 1 aromatic rings. The number of hydrogen-bond acceptors (Lipinski definition) is 5. The summed E-state index contributed by atoms with van der Waals surface area (Å²) in [6, 6.07) is 2.32. The minimum Gasteiger partial charge on any atom is -0.481 e. The summed E-state index contributed by atoms with van der Waals surface area (Å²) in [6.45, 7) is 0. The molecule has 4 N–H and O–H groups in total. The van der Waals surface area contributed by atoms with E-state index in [1.54, 1.807) is 12.1 Å². The maximum absolute atomic E-state index is 11.4. The van der Waals surface area contributed by atoms with Gasteiger partial charge in [-0.15, -0.1) is 5.10 Å². The molecule has 0 aromatic carbocycles. The summed E-state index contributed by atoms with van der Waals surface area (Å²) >= 11 is 0. The Balaban J connectivity index is 2.43. The van der Waals surface area contributed by atoms with Crippen molar-refractivity contribution in [3.8, 4) is 0 Å². The van der Waals surface area contributed by atoms with Crippen LogP contribution in [0, 0.1) is 0 Å². The highest BCUT2D eigenvalue weighted by Crippen LogP contribution is 2.01. The second-order valence-corrected chi connectivity index (χ2v) is 3.14. The van der Waals surface area contributed by atoms with Crippen LogP contribution in [0.25, 0.3) is 0 Å². The van der Waals surface area contributed by atoms with Crippen LogP contribution in [0.15, 0.2) is 18.3 Å². The lowest BCUT2D eigenvalue weighted by atomic mass is 10.1. The number of carboxylic acids is 1. The van der Waals surface area contributed by atoms with Crippen molar-refractivity contribution in [2.24, 2.45) is 5.73 Å². The van der Waals surface area contributed by atoms with Crippen LogP contribution in [0.5, 0.6) is 0 Å². The van der Waals surface area contributed by atoms with E-state index < -0.39 is 17.9 Å². The number of rotatable bonds is 5. The molecule has 1 rings (SSSR count). The molecule has 1 aromatic heterocycles. The van der Waals surface area contributed by atoms with Crippen molar-refractivity contribution in [2.45, 2.75) is 18.9 Å². The fourth-order valence-electron chi connectivity index (χ4n) is 0.997. The van der Waals surface area contributed by atoms with E-state index >= 15 is 0 Å². The Labute approximate surface area is 91.7 Å². The Morgan fingerprint density at radius 2 is 2.31 bits per heavy atom. The summed E-state index contributed by atoms with van der Waals surface area (Å²) in [4.78, 5) is 21.7. The van der Waals surface area contributed by atoms with Gasteiger partial charge in [-0.3, -0.25) is 9.59 Å². The van der Waals surface area contributed by atoms with Crippen LogP contribution in [-0.2, 0) is 9.59 Å². The molecule has 1 heterocycles. The Morgan fingerprint density at radius 3 is 2.88 bits per heavy atom. The van der Waals surface area contributed by atoms with Crippen molar-refractivity contribution in [1.82, 2.24) is 10.2 Å². The lowest BCUT2D eigenvalue weighted by molar-refractivity contribution is -0.137. The van der Waals surface area contributed by atoms with E-state index in [-0.39, 0.29) is 12.8 Å². The molecule has 1 amide bonds. The summed E-state index contributed by atoms with van der Waals surface area (Å²) < 4.78 is 0. The average Bonchev–Trinajstić information content (AvgIpc) is 2.27. The predicted molar refractivity (Wildman–Crippen MR) is 55.5 cm³/mol. The van der Waals surface area contributed by atoms with Gasteiger partial charge >= 0.3 is 5.97 Å². The molecule has 0 radical (unpaired) electrons. The van der Waals surface area contributed by atoms with Crippen LogP contribution in [0.2, 0.25) is 0 Å². The number of carbonyl (C=O) groups excluding carboxylic acids is 1. The summed E-state index contributed by atoms with van der Waals surface area (Å²) in [5, 5.41) is 18.1. The SMILES string of the molecule is NC(CCC(=O)O)C(=O)Nc1cccnn1. The van der Waals surface area contributed by atoms with Crippen molar-refractivity contribution >= 4 is 17.7 Å². The van der Waals surface area contributed by atoms with Gasteiger partial charge in [0, 0.05) is 12.6 Å². The van der Waals surface area contributed by atoms with Crippen LogP contribution in [0.3, 0.4) is 0 Å². The number of hydrogen-bond donors (Lipinski definition) is 3. The summed E-state index contributed by atoms with van der Waals surface area (Å²) in [5.41, 5.74) is 5.49. The summed E-state index contributed by atoms with van der Waals surface area (Å²) in [5.74, 6) is -1.16. The molecule has 7 heteroatoms. The van der Waals surface area contributed by atoms with Crippen molar-refractivity contribution < 1.29 is 14.7 Å². The smallest absolute Gasteiger partial charge is 0.303 e. The molecule has 1 unspecified atom stereocenters. The van der Waals surface area contributed by atoms with Crippen LogP contribution in [0.4, 0.5) is 5.82 Å². The molecule has 86 valence electrons. The third-order valence-corrected chi connectivity index (χ3v) is 1.83. The number of carbonyl (C=O) groups is 2. The van der Waals surface area contributed by atoms with Gasteiger partial charge in [0.25, 0.3) is 0 Å². The second kappa shape index (κ2) is 5.76. The third kappa shape index (κ3) is 4.01. The van der Waals surface area contributed by atoms with Gasteiger partial charge in [0.05, 0.1) is 6.04 Å². The highest BCUT2D eigenvalue weighted by molar-refractivity contribution is 5.93. The number of aliphatic carboxylic acids is 1. The molecule has 0 aliphatic rings. The average molecular weight is 224 g/mol. The highest BCUT2D eigenvalue weighted by atomic mass is 16.4. The zero-order chi connectivity index (χ0) is 12.0. The van der Waals surface area contributed by atoms with E-state index in [1.165, 1.54) is 6.20 Å². The molecule has 0 aliphatic carbocycles. The first-order valence-corrected chi connectivity index (χ1v) is 4.65. The van der Waals surface area contributed by atoms with Gasteiger partial charge in [-0.25, -0.2) is 0 Å². The molecule has 1 atom stereocenters. The van der Waals surface area contributed by atoms with E-state index in [4.69, 9.17) is 10.8 Å². The molecule has 0 bridgehead atoms. The fourth-order valence-corrected chi connectivity index (χ4v) is 0.997. The van der Waals surface area contributed by atoms with E-state index in [0.717, 1.165) is 0 Å². The van der Waals surface area contributed by atoms with E-state index in [0.29, 0.717) is 5.82 Å². The van der Waals surface area contributed by atoms with Gasteiger partial charge in [-0.2, -0.15) is 5.10 Å². The minimum atomic E-state index is -0.984. The number of anilines is 1. The van der Waals surface area contributed by atoms with Crippen LogP contribution < -0.4 is 11.1 Å². The van der Waals surface area contributed by atoms with Crippen molar-refractivity contribution in [3.63, 3.8) is 0 Å². The van der Waals surface area contributed by atoms with Gasteiger partial charge in [0.2, 0.25) is 5.91 Å². The molecule has 0 spiro atoms. The van der Waals surface area contributed by atoms with Gasteiger partial charge in [0.15, 0.2) is 5.82 Å². The number of carboxylic acid groups (broad SMARTS) is 1. The monoisotopic (exact) mass is 224 g/mol. The van der Waals surface area contributed by atoms with Crippen LogP contribution >= 0.6 is 0 Å². The van der Waals surface area contributed by atoms with E-state index in [2.05, 4.69) is 15.5 Å². The Bertz CT molecular complexity index is 368.